The van der Waals surface area contributed by atoms with Crippen LogP contribution in [0.5, 0.6) is 0 Å². The van der Waals surface area contributed by atoms with Crippen molar-refractivity contribution in [2.75, 3.05) is 5.32 Å². The quantitative estimate of drug-likeness (QED) is 0.846. The van der Waals surface area contributed by atoms with Crippen LogP contribution in [0.25, 0.3) is 0 Å². The van der Waals surface area contributed by atoms with Gasteiger partial charge in [-0.1, -0.05) is 29.8 Å². The van der Waals surface area contributed by atoms with E-state index in [1.807, 2.05) is 6.07 Å². The lowest BCUT2D eigenvalue weighted by atomic mass is 10.0. The normalized spacial score (nSPS) is 10.4. The zero-order chi connectivity index (χ0) is 13.1. The van der Waals surface area contributed by atoms with Crippen molar-refractivity contribution in [3.8, 4) is 0 Å². The zero-order valence-electron chi connectivity index (χ0n) is 10.4. The van der Waals surface area contributed by atoms with Crippen molar-refractivity contribution in [2.45, 2.75) is 20.4 Å². The predicted octanol–water partition coefficient (Wildman–Crippen LogP) is 4.71. The summed E-state index contributed by atoms with van der Waals surface area (Å²) in [6.45, 7) is 4.88. The second-order valence-electron chi connectivity index (χ2n) is 4.35. The molecule has 2 rings (SSSR count). The summed E-state index contributed by atoms with van der Waals surface area (Å²) in [5.74, 6) is -0.394. The molecule has 0 saturated carbocycles. The van der Waals surface area contributed by atoms with Gasteiger partial charge in [0.25, 0.3) is 0 Å². The topological polar surface area (TPSA) is 12.0 Å². The van der Waals surface area contributed by atoms with Crippen LogP contribution >= 0.6 is 11.6 Å². The fourth-order valence-electron chi connectivity index (χ4n) is 1.92. The van der Waals surface area contributed by atoms with Crippen molar-refractivity contribution in [1.82, 2.24) is 0 Å². The molecule has 0 aliphatic heterocycles. The average Bonchev–Trinajstić information content (AvgIpc) is 2.33. The Kier molecular flexibility index (Phi) is 3.87. The van der Waals surface area contributed by atoms with Gasteiger partial charge < -0.3 is 5.32 Å². The molecule has 18 heavy (non-hydrogen) atoms. The van der Waals surface area contributed by atoms with Crippen molar-refractivity contribution >= 4 is 17.3 Å². The zero-order valence-corrected chi connectivity index (χ0v) is 11.2. The molecular formula is C15H15ClFN. The SMILES string of the molecule is Cc1cccc(C)c1CNc1ccc(F)c(Cl)c1. The Bertz CT molecular complexity index is 546. The third kappa shape index (κ3) is 2.82. The van der Waals surface area contributed by atoms with Crippen molar-refractivity contribution in [1.29, 1.82) is 0 Å². The summed E-state index contributed by atoms with van der Waals surface area (Å²) in [6.07, 6.45) is 0. The van der Waals surface area contributed by atoms with E-state index in [4.69, 9.17) is 11.6 Å². The minimum atomic E-state index is -0.394. The molecule has 0 spiro atoms. The molecule has 1 N–H and O–H groups in total. The highest BCUT2D eigenvalue weighted by Gasteiger charge is 2.03. The molecule has 0 aliphatic carbocycles. The molecule has 2 aromatic rings. The summed E-state index contributed by atoms with van der Waals surface area (Å²) < 4.78 is 13.0. The van der Waals surface area contributed by atoms with Gasteiger partial charge in [0.1, 0.15) is 5.82 Å². The molecule has 0 unspecified atom stereocenters. The summed E-state index contributed by atoms with van der Waals surface area (Å²) in [5, 5.41) is 3.40. The van der Waals surface area contributed by atoms with Crippen LogP contribution in [-0.4, -0.2) is 0 Å². The molecule has 0 aliphatic rings. The van der Waals surface area contributed by atoms with Gasteiger partial charge in [-0.3, -0.25) is 0 Å². The van der Waals surface area contributed by atoms with E-state index in [1.54, 1.807) is 12.1 Å². The minimum Gasteiger partial charge on any atom is -0.381 e. The van der Waals surface area contributed by atoms with E-state index in [-0.39, 0.29) is 5.02 Å². The molecule has 0 atom stereocenters. The van der Waals surface area contributed by atoms with Crippen LogP contribution < -0.4 is 5.32 Å². The molecule has 0 radical (unpaired) electrons. The third-order valence-corrected chi connectivity index (χ3v) is 3.32. The lowest BCUT2D eigenvalue weighted by molar-refractivity contribution is 0.628. The molecule has 2 aromatic carbocycles. The maximum absolute atomic E-state index is 13.0. The Hall–Kier alpha value is -1.54. The standard InChI is InChI=1S/C15H15ClFN/c1-10-4-3-5-11(2)13(10)9-18-12-6-7-15(17)14(16)8-12/h3-8,18H,9H2,1-2H3. The monoisotopic (exact) mass is 263 g/mol. The van der Waals surface area contributed by atoms with E-state index < -0.39 is 5.82 Å². The largest absolute Gasteiger partial charge is 0.381 e. The maximum atomic E-state index is 13.0. The van der Waals surface area contributed by atoms with E-state index in [1.165, 1.54) is 22.8 Å². The number of aryl methyl sites for hydroxylation is 2. The summed E-state index contributed by atoms with van der Waals surface area (Å²) in [4.78, 5) is 0. The van der Waals surface area contributed by atoms with Crippen LogP contribution in [0.3, 0.4) is 0 Å². The predicted molar refractivity (Wildman–Crippen MR) is 74.7 cm³/mol. The summed E-state index contributed by atoms with van der Waals surface area (Å²) >= 11 is 5.74. The number of benzene rings is 2. The number of hydrogen-bond donors (Lipinski definition) is 1. The molecule has 3 heteroatoms. The lowest BCUT2D eigenvalue weighted by Crippen LogP contribution is -2.03. The van der Waals surface area contributed by atoms with Gasteiger partial charge in [0.05, 0.1) is 5.02 Å². The van der Waals surface area contributed by atoms with Crippen molar-refractivity contribution in [3.63, 3.8) is 0 Å². The Morgan fingerprint density at radius 3 is 2.39 bits per heavy atom. The number of halogens is 2. The lowest BCUT2D eigenvalue weighted by Gasteiger charge is -2.12. The molecule has 0 saturated heterocycles. The van der Waals surface area contributed by atoms with Gasteiger partial charge in [0, 0.05) is 12.2 Å². The first-order valence-corrected chi connectivity index (χ1v) is 6.20. The molecule has 0 heterocycles. The smallest absolute Gasteiger partial charge is 0.141 e. The first-order chi connectivity index (χ1) is 8.58. The van der Waals surface area contributed by atoms with Gasteiger partial charge >= 0.3 is 0 Å². The summed E-state index contributed by atoms with van der Waals surface area (Å²) in [5.41, 5.74) is 4.58. The Labute approximate surface area is 112 Å². The molecule has 1 nitrogen and oxygen atoms in total. The van der Waals surface area contributed by atoms with Crippen LogP contribution in [0.15, 0.2) is 36.4 Å². The van der Waals surface area contributed by atoms with Gasteiger partial charge in [-0.2, -0.15) is 0 Å². The molecular weight excluding hydrogens is 249 g/mol. The molecule has 0 aromatic heterocycles. The van der Waals surface area contributed by atoms with E-state index in [0.29, 0.717) is 6.54 Å². The number of nitrogens with one attached hydrogen (secondary N) is 1. The molecule has 94 valence electrons. The second kappa shape index (κ2) is 5.40. The minimum absolute atomic E-state index is 0.140. The maximum Gasteiger partial charge on any atom is 0.141 e. The van der Waals surface area contributed by atoms with Crippen LogP contribution in [0.2, 0.25) is 5.02 Å². The fraction of sp³-hybridized carbons (Fsp3) is 0.200. The fourth-order valence-corrected chi connectivity index (χ4v) is 2.10. The summed E-state index contributed by atoms with van der Waals surface area (Å²) in [7, 11) is 0. The van der Waals surface area contributed by atoms with Gasteiger partial charge in [0.15, 0.2) is 0 Å². The van der Waals surface area contributed by atoms with Crippen molar-refractivity contribution in [2.24, 2.45) is 0 Å². The number of hydrogen-bond acceptors (Lipinski definition) is 1. The highest BCUT2D eigenvalue weighted by atomic mass is 35.5. The summed E-state index contributed by atoms with van der Waals surface area (Å²) in [6, 6.07) is 10.9. The van der Waals surface area contributed by atoms with Crippen LogP contribution in [0, 0.1) is 19.7 Å². The first-order valence-electron chi connectivity index (χ1n) is 5.82. The van der Waals surface area contributed by atoms with Crippen molar-refractivity contribution in [3.05, 3.63) is 63.9 Å². The van der Waals surface area contributed by atoms with Crippen LogP contribution in [0.1, 0.15) is 16.7 Å². The highest BCUT2D eigenvalue weighted by molar-refractivity contribution is 6.31. The van der Waals surface area contributed by atoms with Crippen molar-refractivity contribution < 1.29 is 4.39 Å². The molecule has 0 amide bonds. The number of anilines is 1. The Balaban J connectivity index is 2.14. The van der Waals surface area contributed by atoms with Gasteiger partial charge in [-0.25, -0.2) is 4.39 Å². The Morgan fingerprint density at radius 1 is 1.11 bits per heavy atom. The van der Waals surface area contributed by atoms with E-state index in [0.717, 1.165) is 5.69 Å². The van der Waals surface area contributed by atoms with Crippen LogP contribution in [0.4, 0.5) is 10.1 Å². The Morgan fingerprint density at radius 2 is 1.78 bits per heavy atom. The third-order valence-electron chi connectivity index (χ3n) is 3.03. The first kappa shape index (κ1) is 12.9. The van der Waals surface area contributed by atoms with Gasteiger partial charge in [-0.15, -0.1) is 0 Å². The van der Waals surface area contributed by atoms with Crippen LogP contribution in [-0.2, 0) is 6.54 Å². The van der Waals surface area contributed by atoms with E-state index >= 15 is 0 Å². The van der Waals surface area contributed by atoms with E-state index in [2.05, 4.69) is 31.3 Å². The average molecular weight is 264 g/mol. The van der Waals surface area contributed by atoms with Gasteiger partial charge in [0.2, 0.25) is 0 Å². The molecule has 0 fully saturated rings. The highest BCUT2D eigenvalue weighted by Crippen LogP contribution is 2.21. The molecule has 0 bridgehead atoms. The van der Waals surface area contributed by atoms with E-state index in [9.17, 15) is 4.39 Å². The number of rotatable bonds is 3. The van der Waals surface area contributed by atoms with Gasteiger partial charge in [-0.05, 0) is 48.7 Å². The second-order valence-corrected chi connectivity index (χ2v) is 4.76.